The van der Waals surface area contributed by atoms with Crippen LogP contribution in [0.15, 0.2) is 4.99 Å². The second-order valence-corrected chi connectivity index (χ2v) is 9.15. The zero-order valence-electron chi connectivity index (χ0n) is 15.1. The van der Waals surface area contributed by atoms with Crippen LogP contribution in [0.4, 0.5) is 0 Å². The predicted octanol–water partition coefficient (Wildman–Crippen LogP) is 0.0854. The maximum Gasteiger partial charge on any atom is 0.191 e. The van der Waals surface area contributed by atoms with E-state index in [1.807, 2.05) is 6.92 Å². The lowest BCUT2D eigenvalue weighted by molar-refractivity contribution is 0.00867. The SMILES string of the molecule is CCNC(=NCC(C(C)C)N1CCOCC1)NC1CCS(=O)(=O)C1. The molecule has 2 heterocycles. The molecule has 2 unspecified atom stereocenters. The molecule has 2 fully saturated rings. The highest BCUT2D eigenvalue weighted by Crippen LogP contribution is 2.14. The number of aliphatic imine (C=N–C) groups is 1. The van der Waals surface area contributed by atoms with E-state index in [1.165, 1.54) is 0 Å². The molecule has 2 atom stereocenters. The summed E-state index contributed by atoms with van der Waals surface area (Å²) >= 11 is 0. The highest BCUT2D eigenvalue weighted by Gasteiger charge is 2.29. The maximum atomic E-state index is 11.6. The van der Waals surface area contributed by atoms with Crippen molar-refractivity contribution in [2.75, 3.05) is 50.9 Å². The van der Waals surface area contributed by atoms with E-state index in [9.17, 15) is 8.42 Å². The normalized spacial score (nSPS) is 26.5. The summed E-state index contributed by atoms with van der Waals surface area (Å²) in [7, 11) is -2.89. The van der Waals surface area contributed by atoms with Crippen molar-refractivity contribution < 1.29 is 13.2 Å². The van der Waals surface area contributed by atoms with Crippen LogP contribution in [-0.2, 0) is 14.6 Å². The Morgan fingerprint density at radius 1 is 1.33 bits per heavy atom. The molecule has 2 N–H and O–H groups in total. The second kappa shape index (κ2) is 9.01. The van der Waals surface area contributed by atoms with Crippen LogP contribution in [0.3, 0.4) is 0 Å². The van der Waals surface area contributed by atoms with Gasteiger partial charge in [-0.25, -0.2) is 8.42 Å². The molecule has 0 saturated carbocycles. The summed E-state index contributed by atoms with van der Waals surface area (Å²) < 4.78 is 28.7. The first kappa shape index (κ1) is 19.5. The average Bonchev–Trinajstić information content (AvgIpc) is 2.87. The highest BCUT2D eigenvalue weighted by molar-refractivity contribution is 7.91. The van der Waals surface area contributed by atoms with Crippen LogP contribution in [-0.4, -0.2) is 82.3 Å². The number of guanidine groups is 1. The van der Waals surface area contributed by atoms with E-state index < -0.39 is 9.84 Å². The van der Waals surface area contributed by atoms with Crippen LogP contribution >= 0.6 is 0 Å². The Hall–Kier alpha value is -0.860. The fourth-order valence-electron chi connectivity index (χ4n) is 3.26. The van der Waals surface area contributed by atoms with E-state index in [4.69, 9.17) is 9.73 Å². The third-order valence-electron chi connectivity index (χ3n) is 4.64. The molecule has 7 nitrogen and oxygen atoms in total. The molecular formula is C16H32N4O3S. The molecule has 2 aliphatic heterocycles. The molecule has 2 saturated heterocycles. The highest BCUT2D eigenvalue weighted by atomic mass is 32.2. The Bertz CT molecular complexity index is 515. The first-order valence-electron chi connectivity index (χ1n) is 8.98. The molecule has 0 radical (unpaired) electrons. The van der Waals surface area contributed by atoms with Crippen LogP contribution in [0.2, 0.25) is 0 Å². The summed E-state index contributed by atoms with van der Waals surface area (Å²) in [6, 6.07) is 0.338. The molecule has 0 bridgehead atoms. The fourth-order valence-corrected chi connectivity index (χ4v) is 4.94. The topological polar surface area (TPSA) is 83.0 Å². The van der Waals surface area contributed by atoms with Crippen molar-refractivity contribution >= 4 is 15.8 Å². The Labute approximate surface area is 146 Å². The molecular weight excluding hydrogens is 328 g/mol. The zero-order valence-corrected chi connectivity index (χ0v) is 15.9. The number of nitrogens with one attached hydrogen (secondary N) is 2. The largest absolute Gasteiger partial charge is 0.379 e. The first-order valence-corrected chi connectivity index (χ1v) is 10.8. The van der Waals surface area contributed by atoms with Gasteiger partial charge in [0.1, 0.15) is 0 Å². The van der Waals surface area contributed by atoms with E-state index in [-0.39, 0.29) is 17.5 Å². The standard InChI is InChI=1S/C16H32N4O3S/c1-4-17-16(19-14-5-10-24(21,22)12-14)18-11-15(13(2)3)20-6-8-23-9-7-20/h13-15H,4-12H2,1-3H3,(H2,17,18,19). The van der Waals surface area contributed by atoms with Gasteiger partial charge in [-0.05, 0) is 19.3 Å². The number of rotatable bonds is 6. The van der Waals surface area contributed by atoms with Crippen LogP contribution in [0.1, 0.15) is 27.2 Å². The molecule has 0 aromatic heterocycles. The smallest absolute Gasteiger partial charge is 0.191 e. The van der Waals surface area contributed by atoms with Crippen molar-refractivity contribution in [2.45, 2.75) is 39.3 Å². The predicted molar refractivity (Wildman–Crippen MR) is 97.2 cm³/mol. The molecule has 0 aromatic carbocycles. The van der Waals surface area contributed by atoms with Crippen molar-refractivity contribution in [1.82, 2.24) is 15.5 Å². The Morgan fingerprint density at radius 3 is 2.58 bits per heavy atom. The monoisotopic (exact) mass is 360 g/mol. The van der Waals surface area contributed by atoms with Gasteiger partial charge < -0.3 is 15.4 Å². The van der Waals surface area contributed by atoms with Gasteiger partial charge in [0, 0.05) is 31.7 Å². The fraction of sp³-hybridized carbons (Fsp3) is 0.938. The van der Waals surface area contributed by atoms with Crippen molar-refractivity contribution in [3.8, 4) is 0 Å². The number of sulfone groups is 1. The van der Waals surface area contributed by atoms with Gasteiger partial charge in [-0.15, -0.1) is 0 Å². The van der Waals surface area contributed by atoms with Gasteiger partial charge in [0.15, 0.2) is 15.8 Å². The molecule has 0 aliphatic carbocycles. The summed E-state index contributed by atoms with van der Waals surface area (Å²) in [4.78, 5) is 7.18. The summed E-state index contributed by atoms with van der Waals surface area (Å²) in [5, 5.41) is 6.52. The molecule has 2 rings (SSSR count). The lowest BCUT2D eigenvalue weighted by atomic mass is 10.0. The van der Waals surface area contributed by atoms with Crippen molar-refractivity contribution in [2.24, 2.45) is 10.9 Å². The number of hydrogen-bond acceptors (Lipinski definition) is 5. The molecule has 0 spiro atoms. The number of nitrogens with zero attached hydrogens (tertiary/aromatic N) is 2. The minimum absolute atomic E-state index is 0.0336. The molecule has 8 heteroatoms. The van der Waals surface area contributed by atoms with Gasteiger partial charge in [-0.3, -0.25) is 9.89 Å². The molecule has 0 amide bonds. The lowest BCUT2D eigenvalue weighted by Gasteiger charge is -2.36. The minimum atomic E-state index is -2.89. The van der Waals surface area contributed by atoms with Gasteiger partial charge in [-0.2, -0.15) is 0 Å². The molecule has 140 valence electrons. The van der Waals surface area contributed by atoms with Gasteiger partial charge in [0.2, 0.25) is 0 Å². The van der Waals surface area contributed by atoms with E-state index in [2.05, 4.69) is 29.4 Å². The van der Waals surface area contributed by atoms with E-state index in [1.54, 1.807) is 0 Å². The Morgan fingerprint density at radius 2 is 2.04 bits per heavy atom. The summed E-state index contributed by atoms with van der Waals surface area (Å²) in [5.41, 5.74) is 0. The lowest BCUT2D eigenvalue weighted by Crippen LogP contribution is -2.49. The number of ether oxygens (including phenoxy) is 1. The van der Waals surface area contributed by atoms with E-state index in [0.717, 1.165) is 38.8 Å². The number of hydrogen-bond donors (Lipinski definition) is 2. The van der Waals surface area contributed by atoms with Gasteiger partial charge in [-0.1, -0.05) is 13.8 Å². The summed E-state index contributed by atoms with van der Waals surface area (Å²) in [6.45, 7) is 11.4. The molecule has 0 aromatic rings. The van der Waals surface area contributed by atoms with E-state index >= 15 is 0 Å². The van der Waals surface area contributed by atoms with Crippen molar-refractivity contribution in [3.63, 3.8) is 0 Å². The average molecular weight is 361 g/mol. The van der Waals surface area contributed by atoms with Crippen LogP contribution in [0.25, 0.3) is 0 Å². The van der Waals surface area contributed by atoms with Crippen LogP contribution < -0.4 is 10.6 Å². The Balaban J connectivity index is 1.97. The molecule has 24 heavy (non-hydrogen) atoms. The molecule has 2 aliphatic rings. The summed E-state index contributed by atoms with van der Waals surface area (Å²) in [6.07, 6.45) is 0.657. The van der Waals surface area contributed by atoms with E-state index in [0.29, 0.717) is 24.9 Å². The zero-order chi connectivity index (χ0) is 17.6. The quantitative estimate of drug-likeness (QED) is 0.516. The minimum Gasteiger partial charge on any atom is -0.379 e. The number of morpholine rings is 1. The maximum absolute atomic E-state index is 11.6. The van der Waals surface area contributed by atoms with Gasteiger partial charge in [0.25, 0.3) is 0 Å². The third-order valence-corrected chi connectivity index (χ3v) is 6.41. The Kier molecular flexibility index (Phi) is 7.31. The summed E-state index contributed by atoms with van der Waals surface area (Å²) in [5.74, 6) is 1.70. The van der Waals surface area contributed by atoms with Crippen LogP contribution in [0.5, 0.6) is 0 Å². The second-order valence-electron chi connectivity index (χ2n) is 6.92. The van der Waals surface area contributed by atoms with Gasteiger partial charge >= 0.3 is 0 Å². The first-order chi connectivity index (χ1) is 11.4. The van der Waals surface area contributed by atoms with Gasteiger partial charge in [0.05, 0.1) is 31.3 Å². The van der Waals surface area contributed by atoms with Crippen molar-refractivity contribution in [1.29, 1.82) is 0 Å². The van der Waals surface area contributed by atoms with Crippen molar-refractivity contribution in [3.05, 3.63) is 0 Å². The van der Waals surface area contributed by atoms with Crippen LogP contribution in [0, 0.1) is 5.92 Å². The third kappa shape index (κ3) is 5.89.